The van der Waals surface area contributed by atoms with Crippen molar-refractivity contribution in [3.05, 3.63) is 41.2 Å². The third kappa shape index (κ3) is 5.03. The molecular weight excluding hydrogens is 439 g/mol. The van der Waals surface area contributed by atoms with Gasteiger partial charge in [0.05, 0.1) is 21.9 Å². The summed E-state index contributed by atoms with van der Waals surface area (Å²) in [5.41, 5.74) is 1.01. The lowest BCUT2D eigenvalue weighted by molar-refractivity contribution is -0.176. The van der Waals surface area contributed by atoms with Crippen molar-refractivity contribution in [2.75, 3.05) is 18.4 Å². The number of fused-ring (bicyclic) bond motifs is 1. The zero-order valence-corrected chi connectivity index (χ0v) is 20.7. The van der Waals surface area contributed by atoms with Gasteiger partial charge in [-0.3, -0.25) is 4.90 Å². The minimum absolute atomic E-state index is 0.0607. The van der Waals surface area contributed by atoms with Crippen molar-refractivity contribution >= 4 is 17.4 Å². The molecule has 3 heterocycles. The Bertz CT molecular complexity index is 982. The summed E-state index contributed by atoms with van der Waals surface area (Å²) >= 11 is 6.20. The molecule has 178 valence electrons. The summed E-state index contributed by atoms with van der Waals surface area (Å²) in [4.78, 5) is 2.73. The highest BCUT2D eigenvalue weighted by molar-refractivity contribution is 6.33. The van der Waals surface area contributed by atoms with Crippen LogP contribution in [0, 0.1) is 17.7 Å². The third-order valence-corrected chi connectivity index (χ3v) is 7.85. The maximum absolute atomic E-state index is 13.6. The lowest BCUT2D eigenvalue weighted by Crippen LogP contribution is -2.52. The molecule has 5 nitrogen and oxygen atoms in total. The monoisotopic (exact) mass is 472 g/mol. The molecule has 1 aromatic heterocycles. The number of aromatic nitrogens is 2. The average Bonchev–Trinajstić information content (AvgIpc) is 3.27. The fraction of sp³-hybridized carbons (Fsp3) is 0.615. The maximum Gasteiger partial charge on any atom is 0.148 e. The van der Waals surface area contributed by atoms with Gasteiger partial charge in [0.15, 0.2) is 0 Å². The molecule has 5 rings (SSSR count). The molecule has 2 saturated heterocycles. The van der Waals surface area contributed by atoms with Gasteiger partial charge in [-0.05, 0) is 95.5 Å². The zero-order chi connectivity index (χ0) is 23.4. The van der Waals surface area contributed by atoms with Gasteiger partial charge in [0.25, 0.3) is 0 Å². The number of halogens is 2. The number of ether oxygens (including phenoxy) is 1. The normalized spacial score (nSPS) is 27.6. The molecule has 3 aliphatic rings. The minimum Gasteiger partial charge on any atom is -0.370 e. The second kappa shape index (κ2) is 8.47. The SMILES string of the molecule is CC1(C)CC(N2C[C@H]3CC(Nc4ccc(-c5cc(F)ccc5Cl)nn4)C[C@@H]3C2)CC(C)(C)O1. The van der Waals surface area contributed by atoms with Crippen molar-refractivity contribution in [1.29, 1.82) is 0 Å². The van der Waals surface area contributed by atoms with Crippen molar-refractivity contribution in [3.63, 3.8) is 0 Å². The van der Waals surface area contributed by atoms with E-state index in [4.69, 9.17) is 16.3 Å². The van der Waals surface area contributed by atoms with Crippen LogP contribution in [-0.2, 0) is 4.74 Å². The Kier molecular flexibility index (Phi) is 5.91. The van der Waals surface area contributed by atoms with Gasteiger partial charge in [-0.1, -0.05) is 11.6 Å². The first-order chi connectivity index (χ1) is 15.6. The Hall–Kier alpha value is -1.76. The van der Waals surface area contributed by atoms with E-state index in [1.165, 1.54) is 25.2 Å². The third-order valence-electron chi connectivity index (χ3n) is 7.52. The van der Waals surface area contributed by atoms with Crippen LogP contribution < -0.4 is 5.32 Å². The van der Waals surface area contributed by atoms with Crippen LogP contribution in [0.4, 0.5) is 10.2 Å². The van der Waals surface area contributed by atoms with Gasteiger partial charge in [-0.15, -0.1) is 10.2 Å². The van der Waals surface area contributed by atoms with Crippen LogP contribution in [0.3, 0.4) is 0 Å². The minimum atomic E-state index is -0.335. The van der Waals surface area contributed by atoms with E-state index in [-0.39, 0.29) is 17.0 Å². The predicted octanol–water partition coefficient (Wildman–Crippen LogP) is 5.79. The Morgan fingerprint density at radius 1 is 1.00 bits per heavy atom. The first-order valence-corrected chi connectivity index (χ1v) is 12.4. The van der Waals surface area contributed by atoms with Crippen LogP contribution in [0.1, 0.15) is 53.4 Å². The van der Waals surface area contributed by atoms with Crippen molar-refractivity contribution in [1.82, 2.24) is 15.1 Å². The fourth-order valence-corrected chi connectivity index (χ4v) is 6.72. The largest absolute Gasteiger partial charge is 0.370 e. The zero-order valence-electron chi connectivity index (χ0n) is 19.9. The van der Waals surface area contributed by atoms with Crippen LogP contribution in [0.2, 0.25) is 5.02 Å². The number of benzene rings is 1. The number of likely N-dealkylation sites (tertiary alicyclic amines) is 1. The summed E-state index contributed by atoms with van der Waals surface area (Å²) in [6.45, 7) is 11.3. The van der Waals surface area contributed by atoms with E-state index in [1.54, 1.807) is 6.07 Å². The Morgan fingerprint density at radius 2 is 1.67 bits per heavy atom. The van der Waals surface area contributed by atoms with E-state index in [1.807, 2.05) is 12.1 Å². The second-order valence-corrected chi connectivity index (χ2v) is 11.8. The van der Waals surface area contributed by atoms with Crippen molar-refractivity contribution in [2.24, 2.45) is 11.8 Å². The summed E-state index contributed by atoms with van der Waals surface area (Å²) in [6, 6.07) is 9.07. The summed E-state index contributed by atoms with van der Waals surface area (Å²) in [5, 5.41) is 12.7. The summed E-state index contributed by atoms with van der Waals surface area (Å²) in [7, 11) is 0. The molecule has 1 N–H and O–H groups in total. The van der Waals surface area contributed by atoms with Crippen LogP contribution in [0.15, 0.2) is 30.3 Å². The molecule has 1 saturated carbocycles. The molecule has 3 fully saturated rings. The van der Waals surface area contributed by atoms with Gasteiger partial charge in [0.2, 0.25) is 0 Å². The van der Waals surface area contributed by atoms with Gasteiger partial charge in [-0.25, -0.2) is 4.39 Å². The summed E-state index contributed by atoms with van der Waals surface area (Å²) < 4.78 is 19.9. The van der Waals surface area contributed by atoms with Crippen LogP contribution >= 0.6 is 11.6 Å². The van der Waals surface area contributed by atoms with Crippen molar-refractivity contribution in [2.45, 2.75) is 76.7 Å². The number of anilines is 1. The number of hydrogen-bond donors (Lipinski definition) is 1. The average molecular weight is 473 g/mol. The highest BCUT2D eigenvalue weighted by Gasteiger charge is 2.47. The second-order valence-electron chi connectivity index (χ2n) is 11.4. The van der Waals surface area contributed by atoms with E-state index in [0.717, 1.165) is 43.3 Å². The number of nitrogens with zero attached hydrogens (tertiary/aromatic N) is 3. The van der Waals surface area contributed by atoms with Crippen molar-refractivity contribution in [3.8, 4) is 11.3 Å². The molecule has 0 amide bonds. The molecule has 7 heteroatoms. The molecule has 0 spiro atoms. The molecule has 0 bridgehead atoms. The van der Waals surface area contributed by atoms with Gasteiger partial charge < -0.3 is 10.1 Å². The first-order valence-electron chi connectivity index (χ1n) is 12.1. The highest BCUT2D eigenvalue weighted by atomic mass is 35.5. The summed E-state index contributed by atoms with van der Waals surface area (Å²) in [6.07, 6.45) is 4.54. The molecule has 2 atom stereocenters. The van der Waals surface area contributed by atoms with E-state index < -0.39 is 0 Å². The van der Waals surface area contributed by atoms with Gasteiger partial charge in [-0.2, -0.15) is 0 Å². The van der Waals surface area contributed by atoms with Crippen LogP contribution in [0.5, 0.6) is 0 Å². The van der Waals surface area contributed by atoms with Gasteiger partial charge in [0.1, 0.15) is 11.6 Å². The number of hydrogen-bond acceptors (Lipinski definition) is 5. The first kappa shape index (κ1) is 23.0. The molecular formula is C26H34ClFN4O. The number of nitrogens with one attached hydrogen (secondary N) is 1. The highest BCUT2D eigenvalue weighted by Crippen LogP contribution is 2.44. The maximum atomic E-state index is 13.6. The molecule has 1 aromatic carbocycles. The smallest absolute Gasteiger partial charge is 0.148 e. The molecule has 1 aliphatic carbocycles. The summed E-state index contributed by atoms with van der Waals surface area (Å²) in [5.74, 6) is 1.89. The number of rotatable bonds is 4. The van der Waals surface area contributed by atoms with E-state index in [9.17, 15) is 4.39 Å². The van der Waals surface area contributed by atoms with Gasteiger partial charge in [0, 0.05) is 30.7 Å². The van der Waals surface area contributed by atoms with E-state index in [2.05, 4.69) is 48.1 Å². The lowest BCUT2D eigenvalue weighted by Gasteiger charge is -2.48. The quantitative estimate of drug-likeness (QED) is 0.609. The molecule has 0 radical (unpaired) electrons. The van der Waals surface area contributed by atoms with Crippen molar-refractivity contribution < 1.29 is 9.13 Å². The van der Waals surface area contributed by atoms with Crippen LogP contribution in [-0.4, -0.2) is 51.5 Å². The molecule has 0 unspecified atom stereocenters. The Balaban J connectivity index is 1.18. The standard InChI is InChI=1S/C26H34ClFN4O/c1-25(2)12-20(13-26(3,4)33-25)32-14-16-9-19(10-17(16)15-32)29-24-8-7-23(30-31-24)21-11-18(28)5-6-22(21)27/h5-8,11,16-17,19-20H,9-10,12-15H2,1-4H3,(H,29,31)/t16-,17-/m1/s1. The van der Waals surface area contributed by atoms with E-state index >= 15 is 0 Å². The van der Waals surface area contributed by atoms with Crippen LogP contribution in [0.25, 0.3) is 11.3 Å². The molecule has 2 aliphatic heterocycles. The molecule has 2 aromatic rings. The van der Waals surface area contributed by atoms with E-state index in [0.29, 0.717) is 28.4 Å². The topological polar surface area (TPSA) is 50.3 Å². The predicted molar refractivity (Wildman–Crippen MR) is 130 cm³/mol. The van der Waals surface area contributed by atoms with Gasteiger partial charge >= 0.3 is 0 Å². The Morgan fingerprint density at radius 3 is 2.27 bits per heavy atom. The molecule has 33 heavy (non-hydrogen) atoms. The fourth-order valence-electron chi connectivity index (χ4n) is 6.50. The Labute approximate surface area is 201 Å². The lowest BCUT2D eigenvalue weighted by atomic mass is 9.84.